The van der Waals surface area contributed by atoms with Crippen molar-refractivity contribution in [3.63, 3.8) is 0 Å². The second kappa shape index (κ2) is 4.66. The van der Waals surface area contributed by atoms with E-state index in [-0.39, 0.29) is 5.91 Å². The highest BCUT2D eigenvalue weighted by Crippen LogP contribution is 2.29. The monoisotopic (exact) mass is 292 g/mol. The van der Waals surface area contributed by atoms with Gasteiger partial charge in [-0.2, -0.15) is 5.10 Å². The van der Waals surface area contributed by atoms with Crippen LogP contribution < -0.4 is 4.90 Å². The molecule has 0 N–H and O–H groups in total. The summed E-state index contributed by atoms with van der Waals surface area (Å²) in [6.45, 7) is 4.55. The summed E-state index contributed by atoms with van der Waals surface area (Å²) in [5.41, 5.74) is 5.32. The van der Waals surface area contributed by atoms with E-state index in [2.05, 4.69) is 16.1 Å². The Balaban J connectivity index is 1.79. The minimum absolute atomic E-state index is 0.00926. The Kier molecular flexibility index (Phi) is 2.76. The zero-order valence-electron chi connectivity index (χ0n) is 12.6. The molecule has 3 aromatic rings. The Hall–Kier alpha value is -2.69. The number of rotatable bonds is 1. The van der Waals surface area contributed by atoms with Crippen LogP contribution in [0.4, 0.5) is 5.69 Å². The Bertz CT molecular complexity index is 897. The van der Waals surface area contributed by atoms with Crippen LogP contribution in [0.3, 0.4) is 0 Å². The van der Waals surface area contributed by atoms with Crippen molar-refractivity contribution in [1.82, 2.24) is 14.6 Å². The molecule has 5 heteroatoms. The number of fused-ring (bicyclic) bond motifs is 2. The number of anilines is 1. The average molecular weight is 292 g/mol. The van der Waals surface area contributed by atoms with Gasteiger partial charge in [0.15, 0.2) is 5.65 Å². The summed E-state index contributed by atoms with van der Waals surface area (Å²) in [4.78, 5) is 19.1. The third-order valence-corrected chi connectivity index (χ3v) is 4.21. The van der Waals surface area contributed by atoms with Crippen LogP contribution in [0.5, 0.6) is 0 Å². The van der Waals surface area contributed by atoms with E-state index in [0.717, 1.165) is 29.1 Å². The van der Waals surface area contributed by atoms with Crippen LogP contribution in [0.1, 0.15) is 27.3 Å². The highest BCUT2D eigenvalue weighted by molar-refractivity contribution is 6.07. The zero-order valence-corrected chi connectivity index (χ0v) is 12.6. The van der Waals surface area contributed by atoms with Gasteiger partial charge in [-0.25, -0.2) is 9.50 Å². The summed E-state index contributed by atoms with van der Waals surface area (Å²) >= 11 is 0. The maximum atomic E-state index is 12.9. The molecule has 0 saturated heterocycles. The fourth-order valence-corrected chi connectivity index (χ4v) is 3.07. The Morgan fingerprint density at radius 3 is 2.91 bits per heavy atom. The molecule has 4 rings (SSSR count). The van der Waals surface area contributed by atoms with Crippen molar-refractivity contribution in [2.45, 2.75) is 20.3 Å². The lowest BCUT2D eigenvalue weighted by Crippen LogP contribution is -2.30. The van der Waals surface area contributed by atoms with E-state index in [1.807, 2.05) is 43.0 Å². The molecular formula is C17H16N4O. The highest BCUT2D eigenvalue weighted by Gasteiger charge is 2.27. The topological polar surface area (TPSA) is 50.5 Å². The molecule has 1 aliphatic rings. The molecule has 2 aromatic heterocycles. The number of aryl methyl sites for hydroxylation is 2. The summed E-state index contributed by atoms with van der Waals surface area (Å²) in [5.74, 6) is -0.00926. The van der Waals surface area contributed by atoms with Gasteiger partial charge in [0.25, 0.3) is 5.91 Å². The molecule has 0 atom stereocenters. The van der Waals surface area contributed by atoms with Crippen molar-refractivity contribution in [3.8, 4) is 0 Å². The molecule has 1 aliphatic heterocycles. The summed E-state index contributed by atoms with van der Waals surface area (Å²) in [6.07, 6.45) is 2.56. The second-order valence-electron chi connectivity index (χ2n) is 5.65. The van der Waals surface area contributed by atoms with Crippen LogP contribution in [0.15, 0.2) is 36.5 Å². The largest absolute Gasteiger partial charge is 0.308 e. The summed E-state index contributed by atoms with van der Waals surface area (Å²) in [6, 6.07) is 9.97. The lowest BCUT2D eigenvalue weighted by molar-refractivity contribution is 0.0988. The molecule has 0 fully saturated rings. The van der Waals surface area contributed by atoms with E-state index in [4.69, 9.17) is 0 Å². The van der Waals surface area contributed by atoms with Gasteiger partial charge in [0.05, 0.1) is 17.0 Å². The van der Waals surface area contributed by atoms with Gasteiger partial charge in [-0.3, -0.25) is 4.79 Å². The van der Waals surface area contributed by atoms with Crippen LogP contribution in [-0.4, -0.2) is 27.0 Å². The van der Waals surface area contributed by atoms with Crippen LogP contribution >= 0.6 is 0 Å². The molecule has 5 nitrogen and oxygen atoms in total. The molecule has 1 aromatic carbocycles. The molecule has 1 amide bonds. The number of nitrogens with zero attached hydrogens (tertiary/aromatic N) is 4. The van der Waals surface area contributed by atoms with Crippen LogP contribution in [0, 0.1) is 13.8 Å². The van der Waals surface area contributed by atoms with Gasteiger partial charge in [-0.05, 0) is 31.9 Å². The van der Waals surface area contributed by atoms with Crippen molar-refractivity contribution in [3.05, 3.63) is 59.0 Å². The highest BCUT2D eigenvalue weighted by atomic mass is 16.2. The third kappa shape index (κ3) is 1.82. The normalized spacial score (nSPS) is 13.6. The lowest BCUT2D eigenvalue weighted by Gasteiger charge is -2.18. The molecule has 110 valence electrons. The van der Waals surface area contributed by atoms with Gasteiger partial charge in [0, 0.05) is 24.5 Å². The Morgan fingerprint density at radius 2 is 2.05 bits per heavy atom. The number of carbonyl (C=O) groups excluding carboxylic acids is 1. The van der Waals surface area contributed by atoms with Gasteiger partial charge >= 0.3 is 0 Å². The number of aromatic nitrogens is 3. The second-order valence-corrected chi connectivity index (χ2v) is 5.65. The van der Waals surface area contributed by atoms with Gasteiger partial charge < -0.3 is 4.90 Å². The van der Waals surface area contributed by atoms with E-state index in [1.165, 1.54) is 5.56 Å². The van der Waals surface area contributed by atoms with Crippen LogP contribution in [-0.2, 0) is 6.42 Å². The van der Waals surface area contributed by atoms with Crippen molar-refractivity contribution in [1.29, 1.82) is 0 Å². The maximum Gasteiger partial charge on any atom is 0.261 e. The summed E-state index contributed by atoms with van der Waals surface area (Å²) in [7, 11) is 0. The van der Waals surface area contributed by atoms with Gasteiger partial charge in [-0.1, -0.05) is 18.2 Å². The van der Waals surface area contributed by atoms with Crippen molar-refractivity contribution >= 4 is 17.2 Å². The molecule has 0 saturated carbocycles. The minimum atomic E-state index is -0.00926. The van der Waals surface area contributed by atoms with Gasteiger partial charge in [-0.15, -0.1) is 0 Å². The van der Waals surface area contributed by atoms with Crippen molar-refractivity contribution < 1.29 is 4.79 Å². The standard InChI is InChI=1S/C17H16N4O/c1-11-9-16-18-10-14(12(2)21(16)19-11)17(22)20-8-7-13-5-3-4-6-15(13)20/h3-6,9-10H,7-8H2,1-2H3. The van der Waals surface area contributed by atoms with E-state index in [1.54, 1.807) is 10.7 Å². The Morgan fingerprint density at radius 1 is 1.23 bits per heavy atom. The quantitative estimate of drug-likeness (QED) is 0.692. The van der Waals surface area contributed by atoms with E-state index in [9.17, 15) is 4.79 Å². The number of carbonyl (C=O) groups is 1. The van der Waals surface area contributed by atoms with Gasteiger partial charge in [0.1, 0.15) is 0 Å². The van der Waals surface area contributed by atoms with Crippen LogP contribution in [0.25, 0.3) is 5.65 Å². The number of hydrogen-bond donors (Lipinski definition) is 0. The van der Waals surface area contributed by atoms with Gasteiger partial charge in [0.2, 0.25) is 0 Å². The first-order valence-corrected chi connectivity index (χ1v) is 7.37. The first-order valence-electron chi connectivity index (χ1n) is 7.37. The molecule has 22 heavy (non-hydrogen) atoms. The molecule has 0 radical (unpaired) electrons. The van der Waals surface area contributed by atoms with E-state index in [0.29, 0.717) is 12.1 Å². The summed E-state index contributed by atoms with van der Waals surface area (Å²) in [5, 5.41) is 4.41. The predicted molar refractivity (Wildman–Crippen MR) is 84.3 cm³/mol. The number of amides is 1. The van der Waals surface area contributed by atoms with Crippen molar-refractivity contribution in [2.24, 2.45) is 0 Å². The van der Waals surface area contributed by atoms with Crippen molar-refractivity contribution in [2.75, 3.05) is 11.4 Å². The lowest BCUT2D eigenvalue weighted by atomic mass is 10.1. The smallest absolute Gasteiger partial charge is 0.261 e. The number of hydrogen-bond acceptors (Lipinski definition) is 3. The molecule has 3 heterocycles. The molecule has 0 bridgehead atoms. The molecular weight excluding hydrogens is 276 g/mol. The first kappa shape index (κ1) is 13.0. The minimum Gasteiger partial charge on any atom is -0.308 e. The zero-order chi connectivity index (χ0) is 15.3. The molecule has 0 spiro atoms. The predicted octanol–water partition coefficient (Wildman–Crippen LogP) is 2.55. The van der Waals surface area contributed by atoms with E-state index < -0.39 is 0 Å². The fourth-order valence-electron chi connectivity index (χ4n) is 3.07. The third-order valence-electron chi connectivity index (χ3n) is 4.21. The first-order chi connectivity index (χ1) is 10.6. The maximum absolute atomic E-state index is 12.9. The SMILES string of the molecule is Cc1cc2ncc(C(=O)N3CCc4ccccc43)c(C)n2n1. The summed E-state index contributed by atoms with van der Waals surface area (Å²) < 4.78 is 1.74. The van der Waals surface area contributed by atoms with Crippen LogP contribution in [0.2, 0.25) is 0 Å². The number of para-hydroxylation sites is 1. The molecule has 0 unspecified atom stereocenters. The van der Waals surface area contributed by atoms with E-state index >= 15 is 0 Å². The molecule has 0 aliphatic carbocycles. The number of benzene rings is 1. The Labute approximate surface area is 128 Å². The fraction of sp³-hybridized carbons (Fsp3) is 0.235. The average Bonchev–Trinajstić information content (AvgIpc) is 3.10.